The topological polar surface area (TPSA) is 44.7 Å². The van der Waals surface area contributed by atoms with E-state index in [2.05, 4.69) is 31.0 Å². The first-order chi connectivity index (χ1) is 9.94. The average Bonchev–Trinajstić information content (AvgIpc) is 3.04. The van der Waals surface area contributed by atoms with Crippen LogP contribution in [-0.4, -0.2) is 61.0 Å². The monoisotopic (exact) mass is 298 g/mol. The smallest absolute Gasteiger partial charge is 0.0547 e. The number of ether oxygens (including phenoxy) is 1. The molecule has 2 aliphatic heterocycles. The van der Waals surface area contributed by atoms with Gasteiger partial charge in [0.2, 0.25) is 0 Å². The fourth-order valence-corrected chi connectivity index (χ4v) is 3.61. The maximum Gasteiger partial charge on any atom is 0.0547 e. The Kier molecular flexibility index (Phi) is 6.06. The molecule has 2 unspecified atom stereocenters. The van der Waals surface area contributed by atoms with Crippen LogP contribution < -0.4 is 5.32 Å². The summed E-state index contributed by atoms with van der Waals surface area (Å²) in [6, 6.07) is 0.671. The highest BCUT2D eigenvalue weighted by atomic mass is 16.5. The molecule has 0 bridgehead atoms. The van der Waals surface area contributed by atoms with Gasteiger partial charge in [0.15, 0.2) is 0 Å². The van der Waals surface area contributed by atoms with Crippen molar-refractivity contribution in [1.29, 1.82) is 0 Å². The minimum absolute atomic E-state index is 0.164. The predicted octanol–water partition coefficient (Wildman–Crippen LogP) is 2.02. The number of aliphatic hydroxyl groups is 1. The zero-order valence-electron chi connectivity index (χ0n) is 14.2. The van der Waals surface area contributed by atoms with E-state index in [0.29, 0.717) is 12.6 Å². The molecule has 2 rings (SSSR count). The molecule has 0 radical (unpaired) electrons. The second-order valence-electron chi connectivity index (χ2n) is 8.04. The van der Waals surface area contributed by atoms with Gasteiger partial charge in [0.1, 0.15) is 0 Å². The lowest BCUT2D eigenvalue weighted by Gasteiger charge is -2.37. The van der Waals surface area contributed by atoms with E-state index in [1.54, 1.807) is 0 Å². The van der Waals surface area contributed by atoms with Crippen LogP contribution in [0.4, 0.5) is 0 Å². The van der Waals surface area contributed by atoms with Crippen LogP contribution in [0.25, 0.3) is 0 Å². The molecule has 2 atom stereocenters. The van der Waals surface area contributed by atoms with Crippen LogP contribution in [0.3, 0.4) is 0 Å². The molecule has 2 saturated heterocycles. The van der Waals surface area contributed by atoms with Gasteiger partial charge < -0.3 is 15.2 Å². The fraction of sp³-hybridized carbons (Fsp3) is 1.00. The molecule has 21 heavy (non-hydrogen) atoms. The minimum Gasteiger partial charge on any atom is -0.396 e. The van der Waals surface area contributed by atoms with E-state index in [-0.39, 0.29) is 11.0 Å². The molecule has 4 nitrogen and oxygen atoms in total. The molecule has 124 valence electrons. The van der Waals surface area contributed by atoms with Gasteiger partial charge in [-0.2, -0.15) is 0 Å². The van der Waals surface area contributed by atoms with Crippen molar-refractivity contribution in [1.82, 2.24) is 10.2 Å². The van der Waals surface area contributed by atoms with E-state index >= 15 is 0 Å². The van der Waals surface area contributed by atoms with Gasteiger partial charge in [0.05, 0.1) is 6.61 Å². The van der Waals surface area contributed by atoms with Gasteiger partial charge in [0, 0.05) is 43.3 Å². The number of rotatable bonds is 7. The number of nitrogens with one attached hydrogen (secondary N) is 1. The molecule has 0 spiro atoms. The SMILES string of the molecule is CC(C)(C)NCC1(CN2CCCC2CCCO)CCOC1. The quantitative estimate of drug-likeness (QED) is 0.755. The van der Waals surface area contributed by atoms with Crippen molar-refractivity contribution in [3.8, 4) is 0 Å². The molecular weight excluding hydrogens is 264 g/mol. The Morgan fingerprint density at radius 3 is 2.81 bits per heavy atom. The summed E-state index contributed by atoms with van der Waals surface area (Å²) in [6.45, 7) is 12.2. The third-order valence-corrected chi connectivity index (χ3v) is 4.91. The summed E-state index contributed by atoms with van der Waals surface area (Å²) in [5.74, 6) is 0. The van der Waals surface area contributed by atoms with Gasteiger partial charge >= 0.3 is 0 Å². The summed E-state index contributed by atoms with van der Waals surface area (Å²) >= 11 is 0. The number of aliphatic hydroxyl groups excluding tert-OH is 1. The highest BCUT2D eigenvalue weighted by Gasteiger charge is 2.39. The van der Waals surface area contributed by atoms with Crippen molar-refractivity contribution in [2.75, 3.05) is 39.5 Å². The summed E-state index contributed by atoms with van der Waals surface area (Å²) in [7, 11) is 0. The number of nitrogens with zero attached hydrogens (tertiary/aromatic N) is 1. The van der Waals surface area contributed by atoms with Gasteiger partial charge in [-0.25, -0.2) is 0 Å². The van der Waals surface area contributed by atoms with Crippen molar-refractivity contribution < 1.29 is 9.84 Å². The van der Waals surface area contributed by atoms with Gasteiger partial charge in [0.25, 0.3) is 0 Å². The lowest BCUT2D eigenvalue weighted by atomic mass is 9.85. The van der Waals surface area contributed by atoms with Crippen LogP contribution in [0.15, 0.2) is 0 Å². The molecule has 0 aliphatic carbocycles. The third kappa shape index (κ3) is 5.20. The van der Waals surface area contributed by atoms with Crippen molar-refractivity contribution in [2.24, 2.45) is 5.41 Å². The maximum atomic E-state index is 9.07. The first-order valence-corrected chi connectivity index (χ1v) is 8.62. The van der Waals surface area contributed by atoms with Crippen LogP contribution >= 0.6 is 0 Å². The number of likely N-dealkylation sites (tertiary alicyclic amines) is 1. The highest BCUT2D eigenvalue weighted by molar-refractivity contribution is 4.93. The molecule has 0 aromatic heterocycles. The molecule has 2 N–H and O–H groups in total. The zero-order chi connectivity index (χ0) is 15.3. The third-order valence-electron chi connectivity index (χ3n) is 4.91. The predicted molar refractivity (Wildman–Crippen MR) is 86.5 cm³/mol. The summed E-state index contributed by atoms with van der Waals surface area (Å²) in [6.07, 6.45) is 5.84. The fourth-order valence-electron chi connectivity index (χ4n) is 3.61. The van der Waals surface area contributed by atoms with Gasteiger partial charge in [-0.1, -0.05) is 0 Å². The largest absolute Gasteiger partial charge is 0.396 e. The van der Waals surface area contributed by atoms with Crippen LogP contribution in [0.1, 0.15) is 52.9 Å². The van der Waals surface area contributed by atoms with Crippen LogP contribution in [0.2, 0.25) is 0 Å². The van der Waals surface area contributed by atoms with Crippen molar-refractivity contribution in [2.45, 2.75) is 64.5 Å². The lowest BCUT2D eigenvalue weighted by molar-refractivity contribution is 0.0932. The standard InChI is InChI=1S/C17H34N2O2/c1-16(2,3)18-12-17(8-11-21-14-17)13-19-9-4-6-15(19)7-5-10-20/h15,18,20H,4-14H2,1-3H3. The Balaban J connectivity index is 1.92. The summed E-state index contributed by atoms with van der Waals surface area (Å²) in [5, 5.41) is 12.8. The summed E-state index contributed by atoms with van der Waals surface area (Å²) in [4.78, 5) is 2.66. The normalized spacial score (nSPS) is 31.1. The highest BCUT2D eigenvalue weighted by Crippen LogP contribution is 2.33. The van der Waals surface area contributed by atoms with Crippen molar-refractivity contribution >= 4 is 0 Å². The molecule has 2 heterocycles. The average molecular weight is 298 g/mol. The first-order valence-electron chi connectivity index (χ1n) is 8.62. The summed E-state index contributed by atoms with van der Waals surface area (Å²) < 4.78 is 5.75. The van der Waals surface area contributed by atoms with E-state index in [4.69, 9.17) is 9.84 Å². The molecular formula is C17H34N2O2. The number of hydrogen-bond donors (Lipinski definition) is 2. The Labute approximate surface area is 130 Å². The molecule has 0 amide bonds. The molecule has 2 fully saturated rings. The van der Waals surface area contributed by atoms with Gasteiger partial charge in [-0.15, -0.1) is 0 Å². The zero-order valence-corrected chi connectivity index (χ0v) is 14.2. The number of hydrogen-bond acceptors (Lipinski definition) is 4. The van der Waals surface area contributed by atoms with E-state index in [0.717, 1.165) is 39.1 Å². The molecule has 0 aromatic carbocycles. The Morgan fingerprint density at radius 1 is 1.38 bits per heavy atom. The van der Waals surface area contributed by atoms with E-state index in [1.165, 1.54) is 25.8 Å². The van der Waals surface area contributed by atoms with E-state index < -0.39 is 0 Å². The molecule has 0 saturated carbocycles. The Bertz CT molecular complexity index is 308. The van der Waals surface area contributed by atoms with Crippen LogP contribution in [0.5, 0.6) is 0 Å². The lowest BCUT2D eigenvalue weighted by Crippen LogP contribution is -2.50. The second kappa shape index (κ2) is 7.40. The molecule has 0 aromatic rings. The van der Waals surface area contributed by atoms with Gasteiger partial charge in [-0.05, 0) is 59.4 Å². The minimum atomic E-state index is 0.164. The maximum absolute atomic E-state index is 9.07. The van der Waals surface area contributed by atoms with Crippen LogP contribution in [-0.2, 0) is 4.74 Å². The Morgan fingerprint density at radius 2 is 2.19 bits per heavy atom. The first kappa shape index (κ1) is 17.2. The van der Waals surface area contributed by atoms with E-state index in [1.807, 2.05) is 0 Å². The Hall–Kier alpha value is -0.160. The van der Waals surface area contributed by atoms with Crippen molar-refractivity contribution in [3.63, 3.8) is 0 Å². The molecule has 2 aliphatic rings. The van der Waals surface area contributed by atoms with Gasteiger partial charge in [-0.3, -0.25) is 4.90 Å². The summed E-state index contributed by atoms with van der Waals surface area (Å²) in [5.41, 5.74) is 0.436. The second-order valence-corrected chi connectivity index (χ2v) is 8.04. The van der Waals surface area contributed by atoms with Crippen molar-refractivity contribution in [3.05, 3.63) is 0 Å². The van der Waals surface area contributed by atoms with E-state index in [9.17, 15) is 0 Å². The van der Waals surface area contributed by atoms with Crippen LogP contribution in [0, 0.1) is 5.41 Å². The molecule has 4 heteroatoms.